The first-order valence-corrected chi connectivity index (χ1v) is 14.4. The summed E-state index contributed by atoms with van der Waals surface area (Å²) in [5.74, 6) is 0.242. The van der Waals surface area contributed by atoms with E-state index in [0.717, 1.165) is 42.6 Å². The minimum absolute atomic E-state index is 0.0379. The Morgan fingerprint density at radius 1 is 1.00 bits per heavy atom. The Kier molecular flexibility index (Phi) is 8.44. The summed E-state index contributed by atoms with van der Waals surface area (Å²) in [4.78, 5) is 27.1. The van der Waals surface area contributed by atoms with Crippen LogP contribution in [0.25, 0.3) is 16.8 Å². The van der Waals surface area contributed by atoms with Gasteiger partial charge in [-0.2, -0.15) is 0 Å². The standard InChI is InChI=1S/C30H22ClFINO4S/c1-2-37-26-13-18(12-25(33)28(26)38-17-21-8-5-7-19-6-3-4-9-23(19)21)14-27-29(35)34(30(36)39-27)16-20-10-11-22(32)15-24(20)31/h3-15H,2,16-17H2,1H3/b27-14-. The topological polar surface area (TPSA) is 55.8 Å². The van der Waals surface area contributed by atoms with Crippen molar-refractivity contribution < 1.29 is 23.5 Å². The molecule has 5 nitrogen and oxygen atoms in total. The number of fused-ring (bicyclic) bond motifs is 1. The minimum atomic E-state index is -0.484. The van der Waals surface area contributed by atoms with E-state index in [9.17, 15) is 14.0 Å². The largest absolute Gasteiger partial charge is 0.490 e. The van der Waals surface area contributed by atoms with E-state index < -0.39 is 17.0 Å². The quantitative estimate of drug-likeness (QED) is 0.139. The number of hydrogen-bond acceptors (Lipinski definition) is 5. The van der Waals surface area contributed by atoms with Gasteiger partial charge < -0.3 is 9.47 Å². The molecule has 1 saturated heterocycles. The second kappa shape index (κ2) is 12.0. The molecule has 2 amide bonds. The van der Waals surface area contributed by atoms with Crippen LogP contribution in [0.4, 0.5) is 9.18 Å². The number of imide groups is 1. The summed E-state index contributed by atoms with van der Waals surface area (Å²) in [5.41, 5.74) is 2.25. The molecule has 1 aliphatic rings. The average molecular weight is 674 g/mol. The Morgan fingerprint density at radius 2 is 1.79 bits per heavy atom. The van der Waals surface area contributed by atoms with Gasteiger partial charge in [-0.15, -0.1) is 0 Å². The summed E-state index contributed by atoms with van der Waals surface area (Å²) in [6, 6.07) is 21.8. The fourth-order valence-corrected chi connectivity index (χ4v) is 6.10. The van der Waals surface area contributed by atoms with Gasteiger partial charge in [0.15, 0.2) is 11.5 Å². The van der Waals surface area contributed by atoms with Crippen LogP contribution in [0, 0.1) is 9.39 Å². The molecule has 0 aromatic heterocycles. The first-order chi connectivity index (χ1) is 18.8. The molecule has 5 rings (SSSR count). The Balaban J connectivity index is 1.38. The van der Waals surface area contributed by atoms with Crippen molar-refractivity contribution in [3.05, 3.63) is 109 Å². The molecular formula is C30H22ClFINO4S. The van der Waals surface area contributed by atoms with E-state index in [1.807, 2.05) is 37.3 Å². The molecule has 1 heterocycles. The summed E-state index contributed by atoms with van der Waals surface area (Å²) >= 11 is 9.14. The Bertz CT molecular complexity index is 1620. The second-order valence-electron chi connectivity index (χ2n) is 8.69. The van der Waals surface area contributed by atoms with Crippen molar-refractivity contribution in [1.82, 2.24) is 4.90 Å². The molecule has 0 radical (unpaired) electrons. The van der Waals surface area contributed by atoms with Gasteiger partial charge in [-0.25, -0.2) is 4.39 Å². The summed E-state index contributed by atoms with van der Waals surface area (Å²) in [7, 11) is 0. The van der Waals surface area contributed by atoms with Crippen molar-refractivity contribution in [2.45, 2.75) is 20.1 Å². The number of thioether (sulfide) groups is 1. The molecule has 0 spiro atoms. The Morgan fingerprint density at radius 3 is 2.59 bits per heavy atom. The fourth-order valence-electron chi connectivity index (χ4n) is 4.25. The second-order valence-corrected chi connectivity index (χ2v) is 11.3. The zero-order valence-electron chi connectivity index (χ0n) is 20.7. The summed E-state index contributed by atoms with van der Waals surface area (Å²) < 4.78 is 26.4. The third kappa shape index (κ3) is 6.08. The Hall–Kier alpha value is -3.08. The highest BCUT2D eigenvalue weighted by Gasteiger charge is 2.35. The van der Waals surface area contributed by atoms with E-state index in [0.29, 0.717) is 35.8 Å². The maximum atomic E-state index is 13.4. The molecule has 0 N–H and O–H groups in total. The van der Waals surface area contributed by atoms with Crippen LogP contribution in [0.1, 0.15) is 23.6 Å². The van der Waals surface area contributed by atoms with Gasteiger partial charge in [-0.05, 0) is 99.1 Å². The minimum Gasteiger partial charge on any atom is -0.490 e. The molecule has 4 aromatic rings. The molecule has 198 valence electrons. The number of benzene rings is 4. The molecule has 0 bridgehead atoms. The van der Waals surface area contributed by atoms with Gasteiger partial charge in [0.2, 0.25) is 0 Å². The van der Waals surface area contributed by atoms with Crippen LogP contribution in [-0.2, 0) is 17.9 Å². The molecule has 0 saturated carbocycles. The van der Waals surface area contributed by atoms with Crippen molar-refractivity contribution in [3.63, 3.8) is 0 Å². The molecule has 4 aromatic carbocycles. The lowest BCUT2D eigenvalue weighted by Gasteiger charge is -2.16. The molecular weight excluding hydrogens is 652 g/mol. The summed E-state index contributed by atoms with van der Waals surface area (Å²) in [6.45, 7) is 2.64. The van der Waals surface area contributed by atoms with Crippen LogP contribution in [0.15, 0.2) is 77.7 Å². The molecule has 0 atom stereocenters. The smallest absolute Gasteiger partial charge is 0.293 e. The highest BCUT2D eigenvalue weighted by molar-refractivity contribution is 14.1. The lowest BCUT2D eigenvalue weighted by Crippen LogP contribution is -2.27. The zero-order chi connectivity index (χ0) is 27.5. The van der Waals surface area contributed by atoms with E-state index in [1.54, 1.807) is 12.1 Å². The predicted molar refractivity (Wildman–Crippen MR) is 162 cm³/mol. The molecule has 39 heavy (non-hydrogen) atoms. The Labute approximate surface area is 248 Å². The van der Waals surface area contributed by atoms with Gasteiger partial charge in [-0.1, -0.05) is 60.1 Å². The van der Waals surface area contributed by atoms with Gasteiger partial charge in [-0.3, -0.25) is 14.5 Å². The first-order valence-electron chi connectivity index (χ1n) is 12.1. The summed E-state index contributed by atoms with van der Waals surface area (Å²) in [5, 5.41) is 2.01. The SMILES string of the molecule is CCOc1cc(/C=C2\SC(=O)N(Cc3ccc(F)cc3Cl)C2=O)cc(I)c1OCc1cccc2ccccc12. The van der Waals surface area contributed by atoms with Gasteiger partial charge in [0.1, 0.15) is 12.4 Å². The normalized spacial score (nSPS) is 14.5. The zero-order valence-corrected chi connectivity index (χ0v) is 24.5. The number of nitrogens with zero attached hydrogens (tertiary/aromatic N) is 1. The van der Waals surface area contributed by atoms with Crippen LogP contribution >= 0.6 is 46.0 Å². The van der Waals surface area contributed by atoms with Crippen LogP contribution in [-0.4, -0.2) is 22.7 Å². The number of ether oxygens (including phenoxy) is 2. The average Bonchev–Trinajstić information content (AvgIpc) is 3.17. The third-order valence-corrected chi connectivity index (χ3v) is 8.16. The van der Waals surface area contributed by atoms with Crippen LogP contribution in [0.2, 0.25) is 5.02 Å². The van der Waals surface area contributed by atoms with Gasteiger partial charge in [0.25, 0.3) is 11.1 Å². The molecule has 9 heteroatoms. The number of halogens is 3. The van der Waals surface area contributed by atoms with Gasteiger partial charge in [0.05, 0.1) is 21.6 Å². The van der Waals surface area contributed by atoms with Crippen molar-refractivity contribution in [2.75, 3.05) is 6.61 Å². The maximum absolute atomic E-state index is 13.4. The maximum Gasteiger partial charge on any atom is 0.293 e. The number of rotatable bonds is 8. The van der Waals surface area contributed by atoms with E-state index >= 15 is 0 Å². The monoisotopic (exact) mass is 673 g/mol. The molecule has 0 unspecified atom stereocenters. The predicted octanol–water partition coefficient (Wildman–Crippen LogP) is 8.45. The highest BCUT2D eigenvalue weighted by atomic mass is 127. The van der Waals surface area contributed by atoms with Crippen LogP contribution < -0.4 is 9.47 Å². The fraction of sp³-hybridized carbons (Fsp3) is 0.133. The molecule has 1 fully saturated rings. The van der Waals surface area contributed by atoms with Gasteiger partial charge in [0, 0.05) is 5.02 Å². The number of carbonyl (C=O) groups is 2. The van der Waals surface area contributed by atoms with Crippen molar-refractivity contribution in [3.8, 4) is 11.5 Å². The molecule has 1 aliphatic heterocycles. The number of carbonyl (C=O) groups excluding carboxylic acids is 2. The third-order valence-electron chi connectivity index (χ3n) is 6.10. The van der Waals surface area contributed by atoms with E-state index in [4.69, 9.17) is 21.1 Å². The van der Waals surface area contributed by atoms with Crippen molar-refractivity contribution in [2.24, 2.45) is 0 Å². The summed E-state index contributed by atoms with van der Waals surface area (Å²) in [6.07, 6.45) is 1.66. The number of hydrogen-bond donors (Lipinski definition) is 0. The highest BCUT2D eigenvalue weighted by Crippen LogP contribution is 2.39. The van der Waals surface area contributed by atoms with Crippen LogP contribution in [0.3, 0.4) is 0 Å². The van der Waals surface area contributed by atoms with E-state index in [2.05, 4.69) is 40.8 Å². The van der Waals surface area contributed by atoms with Crippen molar-refractivity contribution in [1.29, 1.82) is 0 Å². The lowest BCUT2D eigenvalue weighted by molar-refractivity contribution is -0.123. The van der Waals surface area contributed by atoms with Crippen molar-refractivity contribution >= 4 is 73.9 Å². The van der Waals surface area contributed by atoms with Gasteiger partial charge >= 0.3 is 0 Å². The first kappa shape index (κ1) is 27.5. The number of amides is 2. The lowest BCUT2D eigenvalue weighted by atomic mass is 10.1. The van der Waals surface area contributed by atoms with Crippen LogP contribution in [0.5, 0.6) is 11.5 Å². The van der Waals surface area contributed by atoms with E-state index in [1.165, 1.54) is 12.1 Å². The van der Waals surface area contributed by atoms with E-state index in [-0.39, 0.29) is 16.5 Å². The molecule has 0 aliphatic carbocycles.